The van der Waals surface area contributed by atoms with Crippen LogP contribution in [-0.2, 0) is 4.74 Å². The zero-order chi connectivity index (χ0) is 14.0. The minimum absolute atomic E-state index is 0.135. The summed E-state index contributed by atoms with van der Waals surface area (Å²) in [5.41, 5.74) is 0.934. The Labute approximate surface area is 113 Å². The van der Waals surface area contributed by atoms with Crippen molar-refractivity contribution in [3.8, 4) is 0 Å². The van der Waals surface area contributed by atoms with E-state index in [0.29, 0.717) is 30.3 Å². The van der Waals surface area contributed by atoms with Crippen molar-refractivity contribution in [3.05, 3.63) is 35.1 Å². The monoisotopic (exact) mass is 265 g/mol. The van der Waals surface area contributed by atoms with Crippen LogP contribution in [0.2, 0.25) is 0 Å². The van der Waals surface area contributed by atoms with Gasteiger partial charge in [-0.15, -0.1) is 0 Å². The summed E-state index contributed by atoms with van der Waals surface area (Å²) >= 11 is 0. The third kappa shape index (κ3) is 3.19. The molecule has 1 heterocycles. The van der Waals surface area contributed by atoms with Gasteiger partial charge in [-0.05, 0) is 32.4 Å². The lowest BCUT2D eigenvalue weighted by Gasteiger charge is -2.34. The highest BCUT2D eigenvalue weighted by atomic mass is 19.1. The number of benzene rings is 1. The fourth-order valence-corrected chi connectivity index (χ4v) is 2.23. The summed E-state index contributed by atoms with van der Waals surface area (Å²) < 4.78 is 19.0. The van der Waals surface area contributed by atoms with E-state index in [4.69, 9.17) is 4.74 Å². The Balaban J connectivity index is 2.12. The average molecular weight is 265 g/mol. The Morgan fingerprint density at radius 3 is 2.84 bits per heavy atom. The number of ketones is 1. The van der Waals surface area contributed by atoms with Crippen LogP contribution in [0.4, 0.5) is 4.39 Å². The molecule has 0 N–H and O–H groups in total. The highest BCUT2D eigenvalue weighted by molar-refractivity contribution is 5.99. The van der Waals surface area contributed by atoms with E-state index in [1.807, 2.05) is 0 Å². The molecule has 1 unspecified atom stereocenters. The molecule has 2 rings (SSSR count). The molecule has 1 saturated heterocycles. The van der Waals surface area contributed by atoms with Gasteiger partial charge in [0, 0.05) is 24.7 Å². The van der Waals surface area contributed by atoms with Crippen LogP contribution in [0.15, 0.2) is 18.2 Å². The van der Waals surface area contributed by atoms with Crippen molar-refractivity contribution in [3.63, 3.8) is 0 Å². The molecule has 104 valence electrons. The molecule has 1 aliphatic heterocycles. The van der Waals surface area contributed by atoms with E-state index >= 15 is 0 Å². The van der Waals surface area contributed by atoms with Gasteiger partial charge in [0.05, 0.1) is 6.61 Å². The molecular weight excluding hydrogens is 245 g/mol. The molecule has 3 nitrogen and oxygen atoms in total. The van der Waals surface area contributed by atoms with Gasteiger partial charge in [0.1, 0.15) is 11.9 Å². The lowest BCUT2D eigenvalue weighted by molar-refractivity contribution is -0.0256. The number of halogens is 1. The van der Waals surface area contributed by atoms with Gasteiger partial charge < -0.3 is 4.74 Å². The van der Waals surface area contributed by atoms with Gasteiger partial charge >= 0.3 is 0 Å². The number of aryl methyl sites for hydroxylation is 1. The Kier molecular flexibility index (Phi) is 4.32. The molecule has 1 aromatic carbocycles. The largest absolute Gasteiger partial charge is 0.367 e. The molecule has 0 radical (unpaired) electrons. The van der Waals surface area contributed by atoms with Crippen LogP contribution in [0.5, 0.6) is 0 Å². The molecule has 4 heteroatoms. The molecule has 0 saturated carbocycles. The van der Waals surface area contributed by atoms with Gasteiger partial charge in [-0.3, -0.25) is 9.69 Å². The molecule has 19 heavy (non-hydrogen) atoms. The lowest BCUT2D eigenvalue weighted by Crippen LogP contribution is -2.48. The summed E-state index contributed by atoms with van der Waals surface area (Å²) in [6, 6.07) is 4.98. The van der Waals surface area contributed by atoms with Crippen molar-refractivity contribution >= 4 is 5.78 Å². The van der Waals surface area contributed by atoms with Crippen molar-refractivity contribution in [2.75, 3.05) is 19.7 Å². The van der Waals surface area contributed by atoms with Crippen LogP contribution in [0.25, 0.3) is 0 Å². The topological polar surface area (TPSA) is 29.5 Å². The van der Waals surface area contributed by atoms with Gasteiger partial charge in [-0.1, -0.05) is 12.1 Å². The zero-order valence-electron chi connectivity index (χ0n) is 11.6. The maximum atomic E-state index is 13.5. The average Bonchev–Trinajstić information content (AvgIpc) is 2.41. The second kappa shape index (κ2) is 5.80. The number of rotatable bonds is 3. The Hall–Kier alpha value is -1.26. The maximum Gasteiger partial charge on any atom is 0.192 e. The minimum atomic E-state index is -0.488. The van der Waals surface area contributed by atoms with Crippen LogP contribution >= 0.6 is 0 Å². The smallest absolute Gasteiger partial charge is 0.192 e. The maximum absolute atomic E-state index is 13.5. The van der Waals surface area contributed by atoms with Crippen LogP contribution in [0.1, 0.15) is 29.8 Å². The quantitative estimate of drug-likeness (QED) is 0.786. The molecule has 0 aromatic heterocycles. The van der Waals surface area contributed by atoms with E-state index in [1.165, 1.54) is 6.07 Å². The van der Waals surface area contributed by atoms with Gasteiger partial charge in [-0.2, -0.15) is 0 Å². The van der Waals surface area contributed by atoms with Gasteiger partial charge in [-0.25, -0.2) is 4.39 Å². The Bertz CT molecular complexity index is 473. The predicted molar refractivity (Wildman–Crippen MR) is 71.9 cm³/mol. The normalized spacial score (nSPS) is 20.8. The number of morpholine rings is 1. The van der Waals surface area contributed by atoms with Crippen LogP contribution in [0, 0.1) is 12.7 Å². The van der Waals surface area contributed by atoms with Crippen LogP contribution < -0.4 is 0 Å². The van der Waals surface area contributed by atoms with E-state index in [9.17, 15) is 9.18 Å². The third-order valence-electron chi connectivity index (χ3n) is 3.58. The lowest BCUT2D eigenvalue weighted by atomic mass is 10.0. The fraction of sp³-hybridized carbons (Fsp3) is 0.533. The molecule has 1 aromatic rings. The summed E-state index contributed by atoms with van der Waals surface area (Å²) in [6.45, 7) is 7.83. The Morgan fingerprint density at radius 2 is 2.21 bits per heavy atom. The molecule has 0 amide bonds. The summed E-state index contributed by atoms with van der Waals surface area (Å²) in [5.74, 6) is -0.480. The van der Waals surface area contributed by atoms with Crippen molar-refractivity contribution in [1.29, 1.82) is 0 Å². The fourth-order valence-electron chi connectivity index (χ4n) is 2.23. The van der Waals surface area contributed by atoms with Crippen molar-refractivity contribution in [1.82, 2.24) is 4.90 Å². The molecule has 0 aliphatic carbocycles. The standard InChI is InChI=1S/C15H20FNO2/c1-10(2)17-6-7-19-14(9-17)15(18)12-5-4-11(3)13(16)8-12/h4-5,8,10,14H,6-7,9H2,1-3H3. The highest BCUT2D eigenvalue weighted by Crippen LogP contribution is 2.16. The van der Waals surface area contributed by atoms with Crippen molar-refractivity contribution in [2.45, 2.75) is 32.9 Å². The molecule has 1 atom stereocenters. The highest BCUT2D eigenvalue weighted by Gasteiger charge is 2.28. The van der Waals surface area contributed by atoms with Crippen LogP contribution in [0.3, 0.4) is 0 Å². The van der Waals surface area contributed by atoms with E-state index in [1.54, 1.807) is 19.1 Å². The number of carbonyl (C=O) groups is 1. The number of carbonyl (C=O) groups excluding carboxylic acids is 1. The molecule has 0 bridgehead atoms. The second-order valence-electron chi connectivity index (χ2n) is 5.28. The third-order valence-corrected chi connectivity index (χ3v) is 3.58. The SMILES string of the molecule is Cc1ccc(C(=O)C2CN(C(C)C)CCO2)cc1F. The van der Waals surface area contributed by atoms with E-state index in [2.05, 4.69) is 18.7 Å². The zero-order valence-corrected chi connectivity index (χ0v) is 11.6. The van der Waals surface area contributed by atoms with Crippen LogP contribution in [-0.4, -0.2) is 42.5 Å². The van der Waals surface area contributed by atoms with Crippen molar-refractivity contribution in [2.24, 2.45) is 0 Å². The molecule has 1 fully saturated rings. The number of nitrogens with zero attached hydrogens (tertiary/aromatic N) is 1. The first-order valence-electron chi connectivity index (χ1n) is 6.65. The molecule has 0 spiro atoms. The van der Waals surface area contributed by atoms with Gasteiger partial charge in [0.25, 0.3) is 0 Å². The summed E-state index contributed by atoms with van der Waals surface area (Å²) in [5, 5.41) is 0. The first-order chi connectivity index (χ1) is 8.99. The molecular formula is C15H20FNO2. The number of hydrogen-bond donors (Lipinski definition) is 0. The first-order valence-corrected chi connectivity index (χ1v) is 6.65. The van der Waals surface area contributed by atoms with Gasteiger partial charge in [0.2, 0.25) is 0 Å². The number of ether oxygens (including phenoxy) is 1. The summed E-state index contributed by atoms with van der Waals surface area (Å²) in [4.78, 5) is 14.5. The summed E-state index contributed by atoms with van der Waals surface area (Å²) in [6.07, 6.45) is -0.488. The number of hydrogen-bond acceptors (Lipinski definition) is 3. The Morgan fingerprint density at radius 1 is 1.47 bits per heavy atom. The van der Waals surface area contributed by atoms with E-state index in [0.717, 1.165) is 6.54 Å². The summed E-state index contributed by atoms with van der Waals surface area (Å²) in [7, 11) is 0. The first kappa shape index (κ1) is 14.2. The van der Waals surface area contributed by atoms with Crippen molar-refractivity contribution < 1.29 is 13.9 Å². The minimum Gasteiger partial charge on any atom is -0.367 e. The van der Waals surface area contributed by atoms with E-state index < -0.39 is 6.10 Å². The van der Waals surface area contributed by atoms with Gasteiger partial charge in [0.15, 0.2) is 5.78 Å². The second-order valence-corrected chi connectivity index (χ2v) is 5.28. The van der Waals surface area contributed by atoms with E-state index in [-0.39, 0.29) is 11.6 Å². The number of Topliss-reactive ketones (excluding diaryl/α,β-unsaturated/α-hetero) is 1. The molecule has 1 aliphatic rings. The predicted octanol–water partition coefficient (Wildman–Crippen LogP) is 2.43.